The molecule has 0 aliphatic heterocycles. The van der Waals surface area contributed by atoms with E-state index in [1.165, 1.54) is 23.0 Å². The predicted octanol–water partition coefficient (Wildman–Crippen LogP) is 4.60. The highest BCUT2D eigenvalue weighted by Gasteiger charge is 2.29. The fraction of sp³-hybridized carbons (Fsp3) is 0.188. The quantitative estimate of drug-likeness (QED) is 0.735. The maximum absolute atomic E-state index is 12.6. The molecule has 25 heavy (non-hydrogen) atoms. The van der Waals surface area contributed by atoms with E-state index in [0.717, 1.165) is 12.1 Å². The zero-order valence-electron chi connectivity index (χ0n) is 13.3. The minimum atomic E-state index is -4.37. The number of aromatic nitrogens is 4. The van der Waals surface area contributed by atoms with Gasteiger partial charge in [-0.3, -0.25) is 9.67 Å². The highest BCUT2D eigenvalue weighted by molar-refractivity contribution is 6.32. The number of alkyl halides is 3. The van der Waals surface area contributed by atoms with Gasteiger partial charge < -0.3 is 5.32 Å². The SMILES string of the molecule is Cc1nn(C)c(Cl)c1-c1cncc(Nc2ccc(C(F)(F)F)cc2)n1. The smallest absolute Gasteiger partial charge is 0.339 e. The summed E-state index contributed by atoms with van der Waals surface area (Å²) < 4.78 is 39.3. The van der Waals surface area contributed by atoms with Gasteiger partial charge in [0.2, 0.25) is 0 Å². The van der Waals surface area contributed by atoms with Gasteiger partial charge >= 0.3 is 6.18 Å². The van der Waals surface area contributed by atoms with Gasteiger partial charge in [-0.25, -0.2) is 4.98 Å². The number of anilines is 2. The van der Waals surface area contributed by atoms with E-state index in [-0.39, 0.29) is 0 Å². The third-order valence-electron chi connectivity index (χ3n) is 3.53. The van der Waals surface area contributed by atoms with Crippen molar-refractivity contribution in [3.05, 3.63) is 53.1 Å². The molecule has 0 aliphatic carbocycles. The molecule has 2 heterocycles. The predicted molar refractivity (Wildman–Crippen MR) is 88.7 cm³/mol. The van der Waals surface area contributed by atoms with E-state index in [1.54, 1.807) is 20.2 Å². The van der Waals surface area contributed by atoms with Gasteiger partial charge in [-0.15, -0.1) is 0 Å². The molecule has 3 rings (SSSR count). The van der Waals surface area contributed by atoms with Crippen LogP contribution in [0.3, 0.4) is 0 Å². The summed E-state index contributed by atoms with van der Waals surface area (Å²) in [5.74, 6) is 0.386. The fourth-order valence-electron chi connectivity index (χ4n) is 2.36. The van der Waals surface area contributed by atoms with Crippen molar-refractivity contribution in [3.8, 4) is 11.3 Å². The van der Waals surface area contributed by atoms with Crippen LogP contribution in [-0.2, 0) is 13.2 Å². The highest BCUT2D eigenvalue weighted by atomic mass is 35.5. The maximum Gasteiger partial charge on any atom is 0.416 e. The van der Waals surface area contributed by atoms with Crippen LogP contribution < -0.4 is 5.32 Å². The molecule has 0 saturated heterocycles. The number of hydrogen-bond donors (Lipinski definition) is 1. The van der Waals surface area contributed by atoms with Crippen molar-refractivity contribution in [1.82, 2.24) is 19.7 Å². The summed E-state index contributed by atoms with van der Waals surface area (Å²) in [5.41, 5.74) is 1.64. The first-order chi connectivity index (χ1) is 11.8. The molecule has 2 aromatic heterocycles. The van der Waals surface area contributed by atoms with Gasteiger partial charge in [-0.05, 0) is 31.2 Å². The van der Waals surface area contributed by atoms with Crippen molar-refractivity contribution in [2.75, 3.05) is 5.32 Å². The zero-order valence-corrected chi connectivity index (χ0v) is 14.0. The van der Waals surface area contributed by atoms with Crippen LogP contribution in [0.1, 0.15) is 11.3 Å². The maximum atomic E-state index is 12.6. The lowest BCUT2D eigenvalue weighted by Gasteiger charge is -2.09. The second-order valence-electron chi connectivity index (χ2n) is 5.36. The molecule has 0 amide bonds. The van der Waals surface area contributed by atoms with Gasteiger partial charge in [0.1, 0.15) is 11.0 Å². The van der Waals surface area contributed by atoms with E-state index in [9.17, 15) is 13.2 Å². The van der Waals surface area contributed by atoms with E-state index >= 15 is 0 Å². The molecular weight excluding hydrogens is 355 g/mol. The third kappa shape index (κ3) is 3.58. The van der Waals surface area contributed by atoms with Crippen LogP contribution in [0, 0.1) is 6.92 Å². The zero-order chi connectivity index (χ0) is 18.2. The van der Waals surface area contributed by atoms with Gasteiger partial charge in [0.25, 0.3) is 0 Å². The van der Waals surface area contributed by atoms with Crippen LogP contribution in [0.5, 0.6) is 0 Å². The molecule has 0 bridgehead atoms. The molecule has 130 valence electrons. The van der Waals surface area contributed by atoms with E-state index in [2.05, 4.69) is 20.4 Å². The number of aryl methyl sites for hydroxylation is 2. The van der Waals surface area contributed by atoms with Crippen LogP contribution in [0.4, 0.5) is 24.7 Å². The van der Waals surface area contributed by atoms with Crippen LogP contribution in [0.2, 0.25) is 5.15 Å². The van der Waals surface area contributed by atoms with Gasteiger partial charge in [0.15, 0.2) is 0 Å². The van der Waals surface area contributed by atoms with Crippen molar-refractivity contribution >= 4 is 23.1 Å². The van der Waals surface area contributed by atoms with Crippen LogP contribution in [0.25, 0.3) is 11.3 Å². The van der Waals surface area contributed by atoms with Crippen LogP contribution in [0.15, 0.2) is 36.7 Å². The molecule has 9 heteroatoms. The van der Waals surface area contributed by atoms with Crippen molar-refractivity contribution in [2.24, 2.45) is 7.05 Å². The highest BCUT2D eigenvalue weighted by Crippen LogP contribution is 2.31. The van der Waals surface area contributed by atoms with Crippen molar-refractivity contribution in [2.45, 2.75) is 13.1 Å². The summed E-state index contributed by atoms with van der Waals surface area (Å²) in [6.07, 6.45) is -1.35. The minimum absolute atomic E-state index is 0.386. The molecule has 0 fully saturated rings. The van der Waals surface area contributed by atoms with E-state index < -0.39 is 11.7 Å². The topological polar surface area (TPSA) is 55.6 Å². The summed E-state index contributed by atoms with van der Waals surface area (Å²) >= 11 is 6.23. The first-order valence-corrected chi connectivity index (χ1v) is 7.59. The Bertz CT molecular complexity index is 903. The van der Waals surface area contributed by atoms with Gasteiger partial charge in [-0.2, -0.15) is 18.3 Å². The lowest BCUT2D eigenvalue weighted by atomic mass is 10.2. The average Bonchev–Trinajstić information content (AvgIpc) is 2.80. The molecule has 0 aliphatic rings. The minimum Gasteiger partial charge on any atom is -0.339 e. The van der Waals surface area contributed by atoms with Crippen molar-refractivity contribution in [3.63, 3.8) is 0 Å². The Hall–Kier alpha value is -2.61. The molecule has 0 radical (unpaired) electrons. The lowest BCUT2D eigenvalue weighted by Crippen LogP contribution is -2.04. The summed E-state index contributed by atoms with van der Waals surface area (Å²) in [7, 11) is 1.72. The normalized spacial score (nSPS) is 11.6. The Morgan fingerprint density at radius 3 is 2.36 bits per heavy atom. The lowest BCUT2D eigenvalue weighted by molar-refractivity contribution is -0.137. The number of nitrogens with zero attached hydrogens (tertiary/aromatic N) is 4. The Kier molecular flexibility index (Phi) is 4.38. The van der Waals surface area contributed by atoms with E-state index in [1.807, 2.05) is 0 Å². The largest absolute Gasteiger partial charge is 0.416 e. The van der Waals surface area contributed by atoms with E-state index in [4.69, 9.17) is 11.6 Å². The summed E-state index contributed by atoms with van der Waals surface area (Å²) in [6.45, 7) is 1.80. The second kappa shape index (κ2) is 6.36. The molecular formula is C16H13ClF3N5. The number of halogens is 4. The Labute approximate surface area is 146 Å². The summed E-state index contributed by atoms with van der Waals surface area (Å²) in [6, 6.07) is 4.67. The second-order valence-corrected chi connectivity index (χ2v) is 5.72. The number of rotatable bonds is 3. The standard InChI is InChI=1S/C16H13ClF3N5/c1-9-14(15(17)25(2)24-9)12-7-21-8-13(23-12)22-11-5-3-10(4-6-11)16(18,19)20/h3-8H,1-2H3,(H,22,23). The summed E-state index contributed by atoms with van der Waals surface area (Å²) in [4.78, 5) is 8.52. The summed E-state index contributed by atoms with van der Waals surface area (Å²) in [5, 5.41) is 7.58. The molecule has 0 atom stereocenters. The molecule has 3 aromatic rings. The molecule has 1 N–H and O–H groups in total. The van der Waals surface area contributed by atoms with Gasteiger partial charge in [0.05, 0.1) is 34.9 Å². The Balaban J connectivity index is 1.87. The molecule has 0 unspecified atom stereocenters. The number of nitrogens with one attached hydrogen (secondary N) is 1. The first kappa shape index (κ1) is 17.2. The van der Waals surface area contributed by atoms with Crippen molar-refractivity contribution in [1.29, 1.82) is 0 Å². The molecule has 0 spiro atoms. The third-order valence-corrected chi connectivity index (χ3v) is 3.96. The number of hydrogen-bond acceptors (Lipinski definition) is 4. The van der Waals surface area contributed by atoms with Gasteiger partial charge in [0, 0.05) is 12.7 Å². The molecule has 1 aromatic carbocycles. The Morgan fingerprint density at radius 2 is 1.80 bits per heavy atom. The Morgan fingerprint density at radius 1 is 1.12 bits per heavy atom. The van der Waals surface area contributed by atoms with E-state index in [0.29, 0.717) is 33.6 Å². The van der Waals surface area contributed by atoms with Crippen molar-refractivity contribution < 1.29 is 13.2 Å². The fourth-order valence-corrected chi connectivity index (χ4v) is 2.63. The first-order valence-electron chi connectivity index (χ1n) is 7.21. The van der Waals surface area contributed by atoms with Gasteiger partial charge in [-0.1, -0.05) is 11.6 Å². The van der Waals surface area contributed by atoms with Crippen LogP contribution >= 0.6 is 11.6 Å². The molecule has 5 nitrogen and oxygen atoms in total. The van der Waals surface area contributed by atoms with Crippen LogP contribution in [-0.4, -0.2) is 19.7 Å². The average molecular weight is 368 g/mol. The molecule has 0 saturated carbocycles. The number of benzene rings is 1. The monoisotopic (exact) mass is 367 g/mol.